The van der Waals surface area contributed by atoms with Gasteiger partial charge in [-0.2, -0.15) is 0 Å². The molecular formula is C25H29N3O4. The quantitative estimate of drug-likeness (QED) is 0.740. The van der Waals surface area contributed by atoms with E-state index in [0.717, 1.165) is 24.2 Å². The zero-order chi connectivity index (χ0) is 22.3. The van der Waals surface area contributed by atoms with Crippen molar-refractivity contribution < 1.29 is 19.8 Å². The van der Waals surface area contributed by atoms with Crippen molar-refractivity contribution in [2.45, 2.75) is 37.1 Å². The van der Waals surface area contributed by atoms with Crippen molar-refractivity contribution in [3.63, 3.8) is 0 Å². The second-order valence-electron chi connectivity index (χ2n) is 9.51. The number of likely N-dealkylation sites (tertiary alicyclic amines) is 1. The van der Waals surface area contributed by atoms with E-state index in [0.29, 0.717) is 44.6 Å². The molecule has 0 unspecified atom stereocenters. The first-order chi connectivity index (χ1) is 15.4. The van der Waals surface area contributed by atoms with Crippen LogP contribution in [0.15, 0.2) is 54.6 Å². The molecule has 3 fully saturated rings. The largest absolute Gasteiger partial charge is 0.478 e. The van der Waals surface area contributed by atoms with Crippen LogP contribution in [0.2, 0.25) is 0 Å². The molecule has 2 aromatic rings. The molecule has 0 radical (unpaired) electrons. The van der Waals surface area contributed by atoms with Gasteiger partial charge in [-0.15, -0.1) is 0 Å². The molecule has 7 heteroatoms. The second-order valence-corrected chi connectivity index (χ2v) is 9.51. The summed E-state index contributed by atoms with van der Waals surface area (Å²) < 4.78 is 0. The number of rotatable bonds is 5. The molecule has 2 N–H and O–H groups in total. The molecule has 1 amide bonds. The molecular weight excluding hydrogens is 406 g/mol. The Morgan fingerprint density at radius 1 is 0.969 bits per heavy atom. The molecule has 3 saturated heterocycles. The Kier molecular flexibility index (Phi) is 5.49. The predicted octanol–water partition coefficient (Wildman–Crippen LogP) is 1.46. The van der Waals surface area contributed by atoms with Gasteiger partial charge in [-0.05, 0) is 29.7 Å². The Balaban J connectivity index is 1.28. The molecule has 168 valence electrons. The van der Waals surface area contributed by atoms with E-state index in [1.807, 2.05) is 41.3 Å². The third kappa shape index (κ3) is 4.03. The summed E-state index contributed by atoms with van der Waals surface area (Å²) in [5.74, 6) is -0.773. The first kappa shape index (κ1) is 21.1. The number of aliphatic hydroxyl groups is 1. The summed E-state index contributed by atoms with van der Waals surface area (Å²) >= 11 is 0. The molecule has 32 heavy (non-hydrogen) atoms. The Morgan fingerprint density at radius 2 is 1.72 bits per heavy atom. The van der Waals surface area contributed by atoms with E-state index in [2.05, 4.69) is 9.80 Å². The number of hydrogen-bond donors (Lipinski definition) is 2. The zero-order valence-corrected chi connectivity index (χ0v) is 18.1. The number of β-amino-alcohol motifs (C(OH)–C–C–N with tert-alkyl or cyclic N) is 1. The molecule has 2 atom stereocenters. The van der Waals surface area contributed by atoms with Gasteiger partial charge in [0.15, 0.2) is 0 Å². The minimum Gasteiger partial charge on any atom is -0.478 e. The van der Waals surface area contributed by atoms with Crippen molar-refractivity contribution in [2.75, 3.05) is 32.7 Å². The van der Waals surface area contributed by atoms with Crippen LogP contribution in [-0.2, 0) is 17.8 Å². The summed E-state index contributed by atoms with van der Waals surface area (Å²) in [4.78, 5) is 31.1. The highest BCUT2D eigenvalue weighted by Crippen LogP contribution is 2.39. The van der Waals surface area contributed by atoms with Gasteiger partial charge in [0.1, 0.15) is 0 Å². The van der Waals surface area contributed by atoms with Crippen molar-refractivity contribution >= 4 is 11.9 Å². The number of hydrogen-bond acceptors (Lipinski definition) is 5. The molecule has 3 heterocycles. The average molecular weight is 436 g/mol. The molecule has 7 nitrogen and oxygen atoms in total. The minimum absolute atomic E-state index is 0.142. The lowest BCUT2D eigenvalue weighted by Crippen LogP contribution is -2.78. The maximum Gasteiger partial charge on any atom is 0.335 e. The number of benzene rings is 2. The van der Waals surface area contributed by atoms with E-state index in [-0.39, 0.29) is 23.6 Å². The van der Waals surface area contributed by atoms with Crippen LogP contribution in [0, 0.1) is 0 Å². The van der Waals surface area contributed by atoms with Gasteiger partial charge in [-0.3, -0.25) is 14.6 Å². The van der Waals surface area contributed by atoms with Gasteiger partial charge in [0, 0.05) is 45.3 Å². The first-order valence-electron chi connectivity index (χ1n) is 11.2. The summed E-state index contributed by atoms with van der Waals surface area (Å²) in [6.45, 7) is 4.31. The topological polar surface area (TPSA) is 84.3 Å². The predicted molar refractivity (Wildman–Crippen MR) is 119 cm³/mol. The van der Waals surface area contributed by atoms with Crippen LogP contribution in [0.5, 0.6) is 0 Å². The standard InChI is InChI=1S/C25H29N3O4/c29-22-11-21-13-27(23(30)10-18-5-2-1-3-6-18)17-25(28(21)14-22)15-26(16-25)12-19-7-4-8-20(9-19)24(31)32/h1-9,21-22,29H,10-17H2,(H,31,32)/t21-,22+/m0/s1. The van der Waals surface area contributed by atoms with Gasteiger partial charge in [0.25, 0.3) is 0 Å². The number of amides is 1. The fourth-order valence-electron chi connectivity index (χ4n) is 5.72. The summed E-state index contributed by atoms with van der Waals surface area (Å²) in [6, 6.07) is 17.1. The van der Waals surface area contributed by atoms with Crippen LogP contribution in [0.3, 0.4) is 0 Å². The summed E-state index contributed by atoms with van der Waals surface area (Å²) in [6.07, 6.45) is 0.762. The maximum atomic E-state index is 13.1. The normalized spacial score (nSPS) is 24.8. The number of aliphatic hydroxyl groups excluding tert-OH is 1. The van der Waals surface area contributed by atoms with Crippen molar-refractivity contribution in [3.8, 4) is 0 Å². The van der Waals surface area contributed by atoms with Gasteiger partial charge in [-0.25, -0.2) is 4.79 Å². The number of carboxylic acid groups (broad SMARTS) is 1. The summed E-state index contributed by atoms with van der Waals surface area (Å²) in [5, 5.41) is 19.6. The average Bonchev–Trinajstić information content (AvgIpc) is 3.14. The molecule has 2 aromatic carbocycles. The van der Waals surface area contributed by atoms with Crippen LogP contribution in [0.25, 0.3) is 0 Å². The molecule has 0 saturated carbocycles. The summed E-state index contributed by atoms with van der Waals surface area (Å²) in [5.41, 5.74) is 2.16. The molecule has 3 aliphatic heterocycles. The van der Waals surface area contributed by atoms with Gasteiger partial charge < -0.3 is 15.1 Å². The molecule has 5 rings (SSSR count). The van der Waals surface area contributed by atoms with Crippen LogP contribution < -0.4 is 0 Å². The molecule has 1 spiro atoms. The van der Waals surface area contributed by atoms with Crippen molar-refractivity contribution in [3.05, 3.63) is 71.3 Å². The van der Waals surface area contributed by atoms with Crippen LogP contribution in [0.4, 0.5) is 0 Å². The number of piperazine rings is 1. The zero-order valence-electron chi connectivity index (χ0n) is 18.1. The van der Waals surface area contributed by atoms with E-state index >= 15 is 0 Å². The number of carbonyl (C=O) groups excluding carboxylic acids is 1. The van der Waals surface area contributed by atoms with E-state index in [4.69, 9.17) is 0 Å². The van der Waals surface area contributed by atoms with Gasteiger partial charge >= 0.3 is 5.97 Å². The van der Waals surface area contributed by atoms with Crippen molar-refractivity contribution in [1.29, 1.82) is 0 Å². The maximum absolute atomic E-state index is 13.1. The number of fused-ring (bicyclic) bond motifs is 2. The third-order valence-electron chi connectivity index (χ3n) is 7.08. The highest BCUT2D eigenvalue weighted by Gasteiger charge is 2.56. The second kappa shape index (κ2) is 8.31. The number of nitrogens with zero attached hydrogens (tertiary/aromatic N) is 3. The third-order valence-corrected chi connectivity index (χ3v) is 7.08. The Hall–Kier alpha value is -2.74. The van der Waals surface area contributed by atoms with E-state index in [1.165, 1.54) is 0 Å². The lowest BCUT2D eigenvalue weighted by molar-refractivity contribution is -0.150. The molecule has 3 aliphatic rings. The highest BCUT2D eigenvalue weighted by molar-refractivity contribution is 5.87. The first-order valence-corrected chi connectivity index (χ1v) is 11.2. The van der Waals surface area contributed by atoms with E-state index in [1.54, 1.807) is 18.2 Å². The van der Waals surface area contributed by atoms with Crippen LogP contribution in [0.1, 0.15) is 27.9 Å². The molecule has 0 bridgehead atoms. The SMILES string of the molecule is O=C(O)c1cccc(CN2CC3(C2)CN(C(=O)Cc2ccccc2)C[C@@H]2C[C@@H](O)CN23)c1. The van der Waals surface area contributed by atoms with E-state index in [9.17, 15) is 19.8 Å². The van der Waals surface area contributed by atoms with Crippen molar-refractivity contribution in [2.24, 2.45) is 0 Å². The highest BCUT2D eigenvalue weighted by atomic mass is 16.4. The molecule has 0 aliphatic carbocycles. The number of carboxylic acids is 1. The lowest BCUT2D eigenvalue weighted by atomic mass is 9.83. The van der Waals surface area contributed by atoms with Gasteiger partial charge in [0.2, 0.25) is 5.91 Å². The summed E-state index contributed by atoms with van der Waals surface area (Å²) in [7, 11) is 0. The number of carbonyl (C=O) groups is 2. The monoisotopic (exact) mass is 435 g/mol. The Morgan fingerprint density at radius 3 is 2.47 bits per heavy atom. The molecule has 0 aromatic heterocycles. The number of aromatic carboxylic acids is 1. The lowest BCUT2D eigenvalue weighted by Gasteiger charge is -2.61. The minimum atomic E-state index is -0.916. The van der Waals surface area contributed by atoms with Crippen LogP contribution in [-0.4, -0.2) is 87.2 Å². The van der Waals surface area contributed by atoms with Gasteiger partial charge in [0.05, 0.1) is 23.6 Å². The Labute approximate surface area is 187 Å². The fraction of sp³-hybridized carbons (Fsp3) is 0.440. The van der Waals surface area contributed by atoms with Crippen molar-refractivity contribution in [1.82, 2.24) is 14.7 Å². The Bertz CT molecular complexity index is 1010. The van der Waals surface area contributed by atoms with Gasteiger partial charge in [-0.1, -0.05) is 42.5 Å². The fourth-order valence-corrected chi connectivity index (χ4v) is 5.72. The smallest absolute Gasteiger partial charge is 0.335 e. The van der Waals surface area contributed by atoms with Crippen LogP contribution >= 0.6 is 0 Å². The van der Waals surface area contributed by atoms with E-state index < -0.39 is 5.97 Å².